The molecule has 1 aromatic rings. The Bertz CT molecular complexity index is 644. The van der Waals surface area contributed by atoms with Crippen molar-refractivity contribution in [1.82, 2.24) is 4.72 Å². The molecular weight excluding hydrogens is 321 g/mol. The van der Waals surface area contributed by atoms with Crippen LogP contribution < -0.4 is 10.5 Å². The smallest absolute Gasteiger partial charge is 0.368 e. The summed E-state index contributed by atoms with van der Waals surface area (Å²) in [5.41, 5.74) is 4.06. The number of nitrogens with one attached hydrogen (secondary N) is 1. The second-order valence-electron chi connectivity index (χ2n) is 4.91. The largest absolute Gasteiger partial charge is 0.416 e. The maximum atomic E-state index is 12.6. The fourth-order valence-electron chi connectivity index (χ4n) is 1.77. The first kappa shape index (κ1) is 18.4. The highest BCUT2D eigenvalue weighted by Crippen LogP contribution is 2.30. The number of benzene rings is 1. The van der Waals surface area contributed by atoms with Gasteiger partial charge in [-0.25, -0.2) is 8.42 Å². The molecule has 0 bridgehead atoms. The third-order valence-corrected chi connectivity index (χ3v) is 4.71. The Morgan fingerprint density at radius 3 is 2.41 bits per heavy atom. The van der Waals surface area contributed by atoms with Gasteiger partial charge in [0, 0.05) is 0 Å². The summed E-state index contributed by atoms with van der Waals surface area (Å²) in [6, 6.07) is 2.09. The number of carbonyl (C=O) groups excluding carboxylic acids is 1. The molecular formula is C13H17F3N2O3S. The molecule has 5 nitrogen and oxygen atoms in total. The highest BCUT2D eigenvalue weighted by Gasteiger charge is 2.33. The fraction of sp³-hybridized carbons (Fsp3) is 0.462. The second-order valence-corrected chi connectivity index (χ2v) is 6.63. The van der Waals surface area contributed by atoms with Crippen LogP contribution in [0.15, 0.2) is 29.2 Å². The summed E-state index contributed by atoms with van der Waals surface area (Å²) >= 11 is 0. The van der Waals surface area contributed by atoms with Crippen LogP contribution in [-0.2, 0) is 21.0 Å². The van der Waals surface area contributed by atoms with E-state index in [-0.39, 0.29) is 0 Å². The Balaban J connectivity index is 3.16. The average Bonchev–Trinajstić information content (AvgIpc) is 2.43. The molecule has 22 heavy (non-hydrogen) atoms. The van der Waals surface area contributed by atoms with E-state index in [0.29, 0.717) is 12.5 Å². The summed E-state index contributed by atoms with van der Waals surface area (Å²) in [5, 5.41) is 0. The molecule has 0 saturated heterocycles. The van der Waals surface area contributed by atoms with Crippen molar-refractivity contribution in [3.63, 3.8) is 0 Å². The van der Waals surface area contributed by atoms with Crippen molar-refractivity contribution in [3.8, 4) is 0 Å². The predicted molar refractivity (Wildman–Crippen MR) is 74.2 cm³/mol. The van der Waals surface area contributed by atoms with Crippen LogP contribution in [0, 0.1) is 5.92 Å². The maximum absolute atomic E-state index is 12.6. The summed E-state index contributed by atoms with van der Waals surface area (Å²) in [6.45, 7) is 3.35. The van der Waals surface area contributed by atoms with Gasteiger partial charge in [-0.2, -0.15) is 17.9 Å². The quantitative estimate of drug-likeness (QED) is 0.830. The van der Waals surface area contributed by atoms with Gasteiger partial charge in [0.1, 0.15) is 6.04 Å². The molecule has 0 aliphatic heterocycles. The molecule has 0 aliphatic carbocycles. The average molecular weight is 338 g/mol. The number of halogens is 3. The molecule has 1 amide bonds. The molecule has 0 saturated carbocycles. The van der Waals surface area contributed by atoms with Gasteiger partial charge in [0.05, 0.1) is 10.5 Å². The van der Waals surface area contributed by atoms with Crippen molar-refractivity contribution in [2.75, 3.05) is 0 Å². The molecule has 0 fully saturated rings. The highest BCUT2D eigenvalue weighted by molar-refractivity contribution is 7.89. The molecule has 0 aromatic heterocycles. The van der Waals surface area contributed by atoms with Crippen LogP contribution in [0.1, 0.15) is 25.8 Å². The molecule has 0 spiro atoms. The molecule has 0 unspecified atom stereocenters. The Morgan fingerprint density at radius 1 is 1.36 bits per heavy atom. The van der Waals surface area contributed by atoms with Crippen molar-refractivity contribution in [2.24, 2.45) is 11.7 Å². The minimum Gasteiger partial charge on any atom is -0.368 e. The van der Waals surface area contributed by atoms with Crippen molar-refractivity contribution < 1.29 is 26.4 Å². The number of primary amides is 1. The van der Waals surface area contributed by atoms with Crippen molar-refractivity contribution in [1.29, 1.82) is 0 Å². The minimum absolute atomic E-state index is 0.391. The molecule has 3 N–H and O–H groups in total. The summed E-state index contributed by atoms with van der Waals surface area (Å²) in [6.07, 6.45) is -4.19. The lowest BCUT2D eigenvalue weighted by molar-refractivity contribution is -0.137. The Kier molecular flexibility index (Phi) is 5.58. The standard InChI is InChI=1S/C13H17F3N2O3S/c1-3-8(2)11(12(17)19)18-22(20,21)10-6-4-5-9(7-10)13(14,15)16/h4-8,11,18H,3H2,1-2H3,(H2,17,19)/t8-,11-/m0/s1. The number of nitrogens with two attached hydrogens (primary N) is 1. The number of hydrogen-bond acceptors (Lipinski definition) is 3. The van der Waals surface area contributed by atoms with Crippen LogP contribution in [0.5, 0.6) is 0 Å². The first-order valence-electron chi connectivity index (χ1n) is 6.48. The number of alkyl halides is 3. The van der Waals surface area contributed by atoms with E-state index in [9.17, 15) is 26.4 Å². The topological polar surface area (TPSA) is 89.3 Å². The van der Waals surface area contributed by atoms with E-state index in [2.05, 4.69) is 4.72 Å². The van der Waals surface area contributed by atoms with E-state index in [1.54, 1.807) is 13.8 Å². The number of amides is 1. The van der Waals surface area contributed by atoms with Crippen molar-refractivity contribution in [3.05, 3.63) is 29.8 Å². The number of hydrogen-bond donors (Lipinski definition) is 2. The zero-order valence-corrected chi connectivity index (χ0v) is 12.8. The van der Waals surface area contributed by atoms with E-state index in [0.717, 1.165) is 18.2 Å². The molecule has 1 aromatic carbocycles. The van der Waals surface area contributed by atoms with Gasteiger partial charge in [-0.15, -0.1) is 0 Å². The van der Waals surface area contributed by atoms with E-state index < -0.39 is 44.5 Å². The summed E-state index contributed by atoms with van der Waals surface area (Å²) in [4.78, 5) is 10.8. The molecule has 9 heteroatoms. The van der Waals surface area contributed by atoms with Gasteiger partial charge in [0.15, 0.2) is 0 Å². The molecule has 0 aliphatic rings. The van der Waals surface area contributed by atoms with E-state index in [1.165, 1.54) is 0 Å². The van der Waals surface area contributed by atoms with Crippen molar-refractivity contribution >= 4 is 15.9 Å². The summed E-state index contributed by atoms with van der Waals surface area (Å²) in [7, 11) is -4.29. The first-order valence-corrected chi connectivity index (χ1v) is 7.96. The van der Waals surface area contributed by atoms with Gasteiger partial charge in [-0.3, -0.25) is 4.79 Å². The van der Waals surface area contributed by atoms with E-state index >= 15 is 0 Å². The van der Waals surface area contributed by atoms with Crippen LogP contribution in [0.2, 0.25) is 0 Å². The van der Waals surface area contributed by atoms with Gasteiger partial charge in [-0.1, -0.05) is 26.3 Å². The second kappa shape index (κ2) is 6.66. The van der Waals surface area contributed by atoms with Crippen LogP contribution in [0.25, 0.3) is 0 Å². The molecule has 0 heterocycles. The fourth-order valence-corrected chi connectivity index (χ4v) is 3.12. The lowest BCUT2D eigenvalue weighted by atomic mass is 10.00. The van der Waals surface area contributed by atoms with Crippen LogP contribution in [0.3, 0.4) is 0 Å². The number of rotatable bonds is 6. The first-order chi connectivity index (χ1) is 9.99. The maximum Gasteiger partial charge on any atom is 0.416 e. The molecule has 0 radical (unpaired) electrons. The predicted octanol–water partition coefficient (Wildman–Crippen LogP) is 1.88. The monoisotopic (exact) mass is 338 g/mol. The van der Waals surface area contributed by atoms with Crippen LogP contribution in [0.4, 0.5) is 13.2 Å². The molecule has 1 rings (SSSR count). The Hall–Kier alpha value is -1.61. The van der Waals surface area contributed by atoms with Gasteiger partial charge < -0.3 is 5.73 Å². The van der Waals surface area contributed by atoms with Crippen LogP contribution in [-0.4, -0.2) is 20.4 Å². The van der Waals surface area contributed by atoms with Gasteiger partial charge in [0.2, 0.25) is 15.9 Å². The van der Waals surface area contributed by atoms with E-state index in [4.69, 9.17) is 5.73 Å². The highest BCUT2D eigenvalue weighted by atomic mass is 32.2. The van der Waals surface area contributed by atoms with Gasteiger partial charge in [0.25, 0.3) is 0 Å². The number of sulfonamides is 1. The van der Waals surface area contributed by atoms with Crippen molar-refractivity contribution in [2.45, 2.75) is 37.4 Å². The number of carbonyl (C=O) groups is 1. The normalized spacial score (nSPS) is 15.3. The van der Waals surface area contributed by atoms with Crippen LogP contribution >= 0.6 is 0 Å². The van der Waals surface area contributed by atoms with Gasteiger partial charge >= 0.3 is 6.18 Å². The Labute approximate surface area is 126 Å². The zero-order chi connectivity index (χ0) is 17.1. The summed E-state index contributed by atoms with van der Waals surface area (Å²) < 4.78 is 64.3. The lowest BCUT2D eigenvalue weighted by Gasteiger charge is -2.21. The third-order valence-electron chi connectivity index (χ3n) is 3.27. The SMILES string of the molecule is CC[C@H](C)[C@H](NS(=O)(=O)c1cccc(C(F)(F)F)c1)C(N)=O. The minimum atomic E-state index is -4.66. The van der Waals surface area contributed by atoms with E-state index in [1.807, 2.05) is 0 Å². The molecule has 2 atom stereocenters. The summed E-state index contributed by atoms with van der Waals surface area (Å²) in [5.74, 6) is -1.28. The Morgan fingerprint density at radius 2 is 1.95 bits per heavy atom. The van der Waals surface area contributed by atoms with Gasteiger partial charge in [-0.05, 0) is 24.1 Å². The lowest BCUT2D eigenvalue weighted by Crippen LogP contribution is -2.48. The third kappa shape index (κ3) is 4.44. The zero-order valence-electron chi connectivity index (χ0n) is 12.0. The molecule has 124 valence electrons.